The van der Waals surface area contributed by atoms with E-state index in [1.165, 1.54) is 18.2 Å². The summed E-state index contributed by atoms with van der Waals surface area (Å²) in [7, 11) is 0. The number of carbonyl (C=O) groups excluding carboxylic acids is 1. The molecular formula is C9H11N3O4. The van der Waals surface area contributed by atoms with E-state index in [1.54, 1.807) is 0 Å². The molecule has 0 radical (unpaired) electrons. The highest BCUT2D eigenvalue weighted by Gasteiger charge is 2.12. The molecule has 1 aromatic heterocycles. The number of aromatic nitrogens is 1. The van der Waals surface area contributed by atoms with Crippen LogP contribution in [0.25, 0.3) is 0 Å². The van der Waals surface area contributed by atoms with Crippen molar-refractivity contribution in [2.45, 2.75) is 6.10 Å². The summed E-state index contributed by atoms with van der Waals surface area (Å²) in [6.45, 7) is -0.204. The number of nitrogens with zero attached hydrogens (tertiary/aromatic N) is 1. The third kappa shape index (κ3) is 3.21. The van der Waals surface area contributed by atoms with Gasteiger partial charge >= 0.3 is 6.09 Å². The van der Waals surface area contributed by atoms with Crippen LogP contribution in [0.4, 0.5) is 4.79 Å². The van der Waals surface area contributed by atoms with Crippen molar-refractivity contribution in [2.24, 2.45) is 5.73 Å². The lowest BCUT2D eigenvalue weighted by atomic mass is 10.2. The first-order valence-electron chi connectivity index (χ1n) is 4.42. The van der Waals surface area contributed by atoms with E-state index in [0.717, 1.165) is 0 Å². The lowest BCUT2D eigenvalue weighted by molar-refractivity contribution is 0.0994. The molecule has 2 amide bonds. The molecule has 0 spiro atoms. The zero-order chi connectivity index (χ0) is 12.1. The summed E-state index contributed by atoms with van der Waals surface area (Å²) in [4.78, 5) is 24.8. The van der Waals surface area contributed by atoms with Crippen molar-refractivity contribution in [2.75, 3.05) is 6.54 Å². The van der Waals surface area contributed by atoms with E-state index in [1.807, 2.05) is 5.32 Å². The summed E-state index contributed by atoms with van der Waals surface area (Å²) >= 11 is 0. The Morgan fingerprint density at radius 1 is 1.50 bits per heavy atom. The number of pyridine rings is 1. The molecule has 0 aromatic carbocycles. The summed E-state index contributed by atoms with van der Waals surface area (Å²) in [5, 5.41) is 19.9. The van der Waals surface area contributed by atoms with E-state index in [-0.39, 0.29) is 17.9 Å². The lowest BCUT2D eigenvalue weighted by Crippen LogP contribution is -2.27. The first kappa shape index (κ1) is 11.9. The molecule has 7 nitrogen and oxygen atoms in total. The number of hydrogen-bond donors (Lipinski definition) is 4. The van der Waals surface area contributed by atoms with Gasteiger partial charge in [0.05, 0.1) is 12.2 Å². The molecule has 0 aliphatic heterocycles. The Balaban J connectivity index is 2.75. The molecule has 0 saturated carbocycles. The Morgan fingerprint density at radius 3 is 2.75 bits per heavy atom. The van der Waals surface area contributed by atoms with E-state index in [4.69, 9.17) is 10.8 Å². The topological polar surface area (TPSA) is 126 Å². The van der Waals surface area contributed by atoms with Gasteiger partial charge in [-0.3, -0.25) is 4.79 Å². The van der Waals surface area contributed by atoms with E-state index >= 15 is 0 Å². The predicted molar refractivity (Wildman–Crippen MR) is 53.7 cm³/mol. The molecule has 7 heteroatoms. The summed E-state index contributed by atoms with van der Waals surface area (Å²) in [5.74, 6) is -0.708. The van der Waals surface area contributed by atoms with Crippen molar-refractivity contribution in [3.05, 3.63) is 29.6 Å². The van der Waals surface area contributed by atoms with Crippen LogP contribution in [0.15, 0.2) is 18.2 Å². The van der Waals surface area contributed by atoms with E-state index < -0.39 is 18.1 Å². The smallest absolute Gasteiger partial charge is 0.404 e. The zero-order valence-electron chi connectivity index (χ0n) is 8.25. The SMILES string of the molecule is NC(=O)c1cccc(C(O)CNC(=O)O)n1. The molecule has 86 valence electrons. The maximum Gasteiger partial charge on any atom is 0.404 e. The number of hydrogen-bond acceptors (Lipinski definition) is 4. The predicted octanol–water partition coefficient (Wildman–Crippen LogP) is -0.518. The van der Waals surface area contributed by atoms with Gasteiger partial charge in [-0.2, -0.15) is 0 Å². The van der Waals surface area contributed by atoms with Crippen LogP contribution in [-0.4, -0.2) is 33.7 Å². The van der Waals surface area contributed by atoms with E-state index in [2.05, 4.69) is 4.98 Å². The van der Waals surface area contributed by atoms with Gasteiger partial charge in [-0.25, -0.2) is 9.78 Å². The van der Waals surface area contributed by atoms with Gasteiger partial charge in [0.25, 0.3) is 5.91 Å². The molecule has 1 heterocycles. The van der Waals surface area contributed by atoms with Crippen molar-refractivity contribution in [3.8, 4) is 0 Å². The number of aliphatic hydroxyl groups excluding tert-OH is 1. The monoisotopic (exact) mass is 225 g/mol. The molecule has 5 N–H and O–H groups in total. The molecule has 1 aromatic rings. The molecular weight excluding hydrogens is 214 g/mol. The van der Waals surface area contributed by atoms with Crippen LogP contribution in [0.2, 0.25) is 0 Å². The van der Waals surface area contributed by atoms with Crippen LogP contribution in [0.1, 0.15) is 22.3 Å². The molecule has 16 heavy (non-hydrogen) atoms. The van der Waals surface area contributed by atoms with Crippen LogP contribution in [0, 0.1) is 0 Å². The Bertz CT molecular complexity index is 407. The Hall–Kier alpha value is -2.15. The van der Waals surface area contributed by atoms with Crippen molar-refractivity contribution in [1.82, 2.24) is 10.3 Å². The van der Waals surface area contributed by atoms with Crippen molar-refractivity contribution in [1.29, 1.82) is 0 Å². The van der Waals surface area contributed by atoms with Gasteiger partial charge in [-0.05, 0) is 12.1 Å². The lowest BCUT2D eigenvalue weighted by Gasteiger charge is -2.10. The highest BCUT2D eigenvalue weighted by Crippen LogP contribution is 2.09. The first-order chi connectivity index (χ1) is 7.50. The van der Waals surface area contributed by atoms with E-state index in [9.17, 15) is 14.7 Å². The average Bonchev–Trinajstić information content (AvgIpc) is 2.26. The molecule has 1 rings (SSSR count). The Kier molecular flexibility index (Phi) is 3.78. The second-order valence-electron chi connectivity index (χ2n) is 3.01. The number of primary amides is 1. The molecule has 0 fully saturated rings. The second kappa shape index (κ2) is 5.08. The number of nitrogens with two attached hydrogens (primary N) is 1. The number of nitrogens with one attached hydrogen (secondary N) is 1. The molecule has 0 bridgehead atoms. The van der Waals surface area contributed by atoms with Gasteiger partial charge < -0.3 is 21.3 Å². The number of carboxylic acid groups (broad SMARTS) is 1. The molecule has 0 saturated heterocycles. The minimum Gasteiger partial charge on any atom is -0.465 e. The van der Waals surface area contributed by atoms with Crippen molar-refractivity contribution >= 4 is 12.0 Å². The maximum atomic E-state index is 10.8. The fourth-order valence-corrected chi connectivity index (χ4v) is 1.06. The quantitative estimate of drug-likeness (QED) is 0.548. The summed E-state index contributed by atoms with van der Waals surface area (Å²) in [6.07, 6.45) is -2.36. The molecule has 0 aliphatic rings. The first-order valence-corrected chi connectivity index (χ1v) is 4.42. The van der Waals surface area contributed by atoms with Gasteiger partial charge in [0.2, 0.25) is 0 Å². The van der Waals surface area contributed by atoms with Gasteiger partial charge in [-0.15, -0.1) is 0 Å². The minimum atomic E-state index is -1.25. The fraction of sp³-hybridized carbons (Fsp3) is 0.222. The minimum absolute atomic E-state index is 0.0203. The standard InChI is InChI=1S/C9H11N3O4/c10-8(14)6-3-1-2-5(12-6)7(13)4-11-9(15)16/h1-3,7,11,13H,4H2,(H2,10,14)(H,15,16). The number of carbonyl (C=O) groups is 2. The van der Waals surface area contributed by atoms with Gasteiger partial charge in [-0.1, -0.05) is 6.07 Å². The third-order valence-electron chi connectivity index (χ3n) is 1.81. The third-order valence-corrected chi connectivity index (χ3v) is 1.81. The highest BCUT2D eigenvalue weighted by molar-refractivity contribution is 5.90. The Morgan fingerprint density at radius 2 is 2.19 bits per heavy atom. The summed E-state index contributed by atoms with van der Waals surface area (Å²) in [6, 6.07) is 4.39. The molecule has 0 aliphatic carbocycles. The normalized spacial score (nSPS) is 11.8. The van der Waals surface area contributed by atoms with Crippen molar-refractivity contribution in [3.63, 3.8) is 0 Å². The molecule has 1 atom stereocenters. The Labute approximate surface area is 90.9 Å². The van der Waals surface area contributed by atoms with Crippen LogP contribution >= 0.6 is 0 Å². The summed E-state index contributed by atoms with van der Waals surface area (Å²) in [5.41, 5.74) is 5.22. The van der Waals surface area contributed by atoms with Crippen LogP contribution in [0.5, 0.6) is 0 Å². The summed E-state index contributed by atoms with van der Waals surface area (Å²) < 4.78 is 0. The fourth-order valence-electron chi connectivity index (χ4n) is 1.06. The zero-order valence-corrected chi connectivity index (χ0v) is 8.25. The van der Waals surface area contributed by atoms with Crippen LogP contribution < -0.4 is 11.1 Å². The van der Waals surface area contributed by atoms with Gasteiger partial charge in [0, 0.05) is 0 Å². The van der Waals surface area contributed by atoms with E-state index in [0.29, 0.717) is 0 Å². The van der Waals surface area contributed by atoms with Crippen LogP contribution in [-0.2, 0) is 0 Å². The number of rotatable bonds is 4. The highest BCUT2D eigenvalue weighted by atomic mass is 16.4. The van der Waals surface area contributed by atoms with Gasteiger partial charge in [0.1, 0.15) is 11.8 Å². The number of amides is 2. The maximum absolute atomic E-state index is 10.8. The number of aliphatic hydroxyl groups is 1. The largest absolute Gasteiger partial charge is 0.465 e. The van der Waals surface area contributed by atoms with Crippen molar-refractivity contribution < 1.29 is 19.8 Å². The van der Waals surface area contributed by atoms with Crippen LogP contribution in [0.3, 0.4) is 0 Å². The average molecular weight is 225 g/mol. The molecule has 1 unspecified atom stereocenters. The van der Waals surface area contributed by atoms with Gasteiger partial charge in [0.15, 0.2) is 0 Å². The second-order valence-corrected chi connectivity index (χ2v) is 3.01.